The van der Waals surface area contributed by atoms with Crippen LogP contribution in [0.1, 0.15) is 25.7 Å². The maximum absolute atomic E-state index is 12.3. The van der Waals surface area contributed by atoms with Crippen LogP contribution in [0, 0.1) is 5.92 Å². The average molecular weight is 333 g/mol. The molecule has 0 fully saturated rings. The summed E-state index contributed by atoms with van der Waals surface area (Å²) in [6.07, 6.45) is 0.544. The molecule has 1 unspecified atom stereocenters. The normalized spacial score (nSPS) is 12.7. The number of aromatic nitrogens is 4. The molecule has 9 heteroatoms. The number of carboxylic acid groups (broad SMARTS) is 1. The maximum Gasteiger partial charge on any atom is 0.405 e. The SMILES string of the molecule is CC(C)C(NC(=O)O)c1nc2cc(-c3cc[nH]n3)sc2c(=O)[nH]1. The fraction of sp³-hybridized carbons (Fsp3) is 0.286. The van der Waals surface area contributed by atoms with E-state index in [1.54, 1.807) is 12.3 Å². The van der Waals surface area contributed by atoms with Gasteiger partial charge in [-0.05, 0) is 18.1 Å². The minimum atomic E-state index is -1.16. The van der Waals surface area contributed by atoms with Crippen LogP contribution >= 0.6 is 11.3 Å². The zero-order chi connectivity index (χ0) is 16.6. The smallest absolute Gasteiger partial charge is 0.405 e. The van der Waals surface area contributed by atoms with Gasteiger partial charge in [-0.3, -0.25) is 9.89 Å². The minimum Gasteiger partial charge on any atom is -0.465 e. The van der Waals surface area contributed by atoms with Gasteiger partial charge in [-0.15, -0.1) is 11.3 Å². The van der Waals surface area contributed by atoms with E-state index in [0.717, 1.165) is 10.6 Å². The van der Waals surface area contributed by atoms with Gasteiger partial charge < -0.3 is 15.4 Å². The highest BCUT2D eigenvalue weighted by Gasteiger charge is 2.22. The minimum absolute atomic E-state index is 0.0591. The van der Waals surface area contributed by atoms with Crippen LogP contribution < -0.4 is 10.9 Å². The zero-order valence-corrected chi connectivity index (χ0v) is 13.3. The molecule has 0 radical (unpaired) electrons. The van der Waals surface area contributed by atoms with Gasteiger partial charge in [-0.1, -0.05) is 13.8 Å². The van der Waals surface area contributed by atoms with Crippen LogP contribution in [0.4, 0.5) is 4.79 Å². The number of nitrogens with zero attached hydrogens (tertiary/aromatic N) is 2. The molecule has 8 nitrogen and oxygen atoms in total. The van der Waals surface area contributed by atoms with E-state index < -0.39 is 12.1 Å². The predicted octanol–water partition coefficient (Wildman–Crippen LogP) is 2.34. The molecule has 1 amide bonds. The maximum atomic E-state index is 12.3. The molecule has 120 valence electrons. The number of rotatable bonds is 4. The molecule has 0 aliphatic carbocycles. The van der Waals surface area contributed by atoms with Crippen molar-refractivity contribution >= 4 is 27.6 Å². The second kappa shape index (κ2) is 5.84. The second-order valence-electron chi connectivity index (χ2n) is 5.41. The molecule has 0 bridgehead atoms. The number of carbonyl (C=O) groups is 1. The molecule has 0 spiro atoms. The van der Waals surface area contributed by atoms with Crippen LogP contribution in [0.15, 0.2) is 23.1 Å². The van der Waals surface area contributed by atoms with E-state index in [2.05, 4.69) is 25.5 Å². The van der Waals surface area contributed by atoms with Crippen LogP contribution in [0.2, 0.25) is 0 Å². The number of amides is 1. The van der Waals surface area contributed by atoms with E-state index in [9.17, 15) is 9.59 Å². The summed E-state index contributed by atoms with van der Waals surface area (Å²) in [7, 11) is 0. The highest BCUT2D eigenvalue weighted by Crippen LogP contribution is 2.30. The van der Waals surface area contributed by atoms with Gasteiger partial charge in [0.25, 0.3) is 5.56 Å². The van der Waals surface area contributed by atoms with Crippen LogP contribution in [0.25, 0.3) is 20.8 Å². The molecule has 1 atom stereocenters. The first-order valence-corrected chi connectivity index (χ1v) is 7.80. The fourth-order valence-corrected chi connectivity index (χ4v) is 3.27. The van der Waals surface area contributed by atoms with Crippen molar-refractivity contribution in [1.82, 2.24) is 25.5 Å². The van der Waals surface area contributed by atoms with Crippen LogP contribution in [0.5, 0.6) is 0 Å². The number of hydrogen-bond donors (Lipinski definition) is 4. The molecular formula is C14H15N5O3S. The molecule has 0 aliphatic rings. The molecule has 0 saturated heterocycles. The third-order valence-electron chi connectivity index (χ3n) is 3.39. The van der Waals surface area contributed by atoms with Gasteiger partial charge in [0.2, 0.25) is 0 Å². The fourth-order valence-electron chi connectivity index (χ4n) is 2.31. The Morgan fingerprint density at radius 3 is 2.83 bits per heavy atom. The van der Waals surface area contributed by atoms with Crippen molar-refractivity contribution in [2.24, 2.45) is 5.92 Å². The van der Waals surface area contributed by atoms with Crippen molar-refractivity contribution in [1.29, 1.82) is 0 Å². The number of fused-ring (bicyclic) bond motifs is 1. The molecule has 3 aromatic rings. The van der Waals surface area contributed by atoms with Crippen molar-refractivity contribution < 1.29 is 9.90 Å². The van der Waals surface area contributed by atoms with E-state index in [-0.39, 0.29) is 11.5 Å². The molecule has 4 N–H and O–H groups in total. The Morgan fingerprint density at radius 1 is 1.43 bits per heavy atom. The summed E-state index contributed by atoms with van der Waals surface area (Å²) < 4.78 is 0.490. The lowest BCUT2D eigenvalue weighted by molar-refractivity contribution is 0.185. The lowest BCUT2D eigenvalue weighted by atomic mass is 10.0. The quantitative estimate of drug-likeness (QED) is 0.583. The van der Waals surface area contributed by atoms with Crippen LogP contribution in [-0.2, 0) is 0 Å². The third kappa shape index (κ3) is 2.95. The summed E-state index contributed by atoms with van der Waals surface area (Å²) in [6, 6.07) is 3.01. The number of nitrogens with one attached hydrogen (secondary N) is 3. The Bertz CT molecular complexity index is 897. The number of hydrogen-bond acceptors (Lipinski definition) is 5. The van der Waals surface area contributed by atoms with Crippen LogP contribution in [-0.4, -0.2) is 31.4 Å². The summed E-state index contributed by atoms with van der Waals surface area (Å²) in [5.41, 5.74) is 0.984. The molecule has 3 aromatic heterocycles. The lowest BCUT2D eigenvalue weighted by Gasteiger charge is -2.19. The number of H-pyrrole nitrogens is 2. The summed E-state index contributed by atoms with van der Waals surface area (Å²) in [5.74, 6) is 0.252. The topological polar surface area (TPSA) is 124 Å². The van der Waals surface area contributed by atoms with Gasteiger partial charge >= 0.3 is 6.09 Å². The first kappa shape index (κ1) is 15.2. The van der Waals surface area contributed by atoms with E-state index in [1.807, 2.05) is 19.9 Å². The third-order valence-corrected chi connectivity index (χ3v) is 4.54. The Hall–Kier alpha value is -2.68. The summed E-state index contributed by atoms with van der Waals surface area (Å²) >= 11 is 1.30. The van der Waals surface area contributed by atoms with Crippen molar-refractivity contribution in [3.8, 4) is 10.6 Å². The largest absolute Gasteiger partial charge is 0.465 e. The van der Waals surface area contributed by atoms with E-state index in [0.29, 0.717) is 16.0 Å². The van der Waals surface area contributed by atoms with Gasteiger partial charge in [0.1, 0.15) is 16.2 Å². The van der Waals surface area contributed by atoms with E-state index in [1.165, 1.54) is 11.3 Å². The Morgan fingerprint density at radius 2 is 2.22 bits per heavy atom. The van der Waals surface area contributed by atoms with Gasteiger partial charge in [-0.25, -0.2) is 9.78 Å². The highest BCUT2D eigenvalue weighted by atomic mass is 32.1. The monoisotopic (exact) mass is 333 g/mol. The molecule has 0 aromatic carbocycles. The van der Waals surface area contributed by atoms with Gasteiger partial charge in [-0.2, -0.15) is 5.10 Å². The Balaban J connectivity index is 2.09. The Kier molecular flexibility index (Phi) is 3.87. The molecule has 0 saturated carbocycles. The zero-order valence-electron chi connectivity index (χ0n) is 12.5. The first-order chi connectivity index (χ1) is 11.0. The molecule has 3 rings (SSSR count). The Labute approximate surface area is 134 Å². The number of thiophene rings is 1. The van der Waals surface area contributed by atoms with Gasteiger partial charge in [0.05, 0.1) is 16.4 Å². The average Bonchev–Trinajstić information content (AvgIpc) is 3.12. The van der Waals surface area contributed by atoms with E-state index in [4.69, 9.17) is 5.11 Å². The standard InChI is InChI=1S/C14H15N5O3S/c1-6(2)10(17-14(21)22)12-16-8-5-9(7-3-4-15-19-7)23-11(8)13(20)18-12/h3-6,10,17H,1-2H3,(H,15,19)(H,21,22)(H,16,18,20). The number of aromatic amines is 2. The van der Waals surface area contributed by atoms with Crippen molar-refractivity contribution in [3.05, 3.63) is 34.5 Å². The summed E-state index contributed by atoms with van der Waals surface area (Å²) in [4.78, 5) is 31.2. The lowest BCUT2D eigenvalue weighted by Crippen LogP contribution is -2.33. The predicted molar refractivity (Wildman–Crippen MR) is 86.6 cm³/mol. The highest BCUT2D eigenvalue weighted by molar-refractivity contribution is 7.22. The van der Waals surface area contributed by atoms with Crippen molar-refractivity contribution in [3.63, 3.8) is 0 Å². The van der Waals surface area contributed by atoms with Crippen molar-refractivity contribution in [2.75, 3.05) is 0 Å². The van der Waals surface area contributed by atoms with Gasteiger partial charge in [0.15, 0.2) is 0 Å². The molecule has 3 heterocycles. The van der Waals surface area contributed by atoms with Gasteiger partial charge in [0, 0.05) is 6.20 Å². The van der Waals surface area contributed by atoms with Crippen LogP contribution in [0.3, 0.4) is 0 Å². The molecule has 23 heavy (non-hydrogen) atoms. The summed E-state index contributed by atoms with van der Waals surface area (Å²) in [5, 5.41) is 18.2. The van der Waals surface area contributed by atoms with Crippen molar-refractivity contribution in [2.45, 2.75) is 19.9 Å². The van der Waals surface area contributed by atoms with E-state index >= 15 is 0 Å². The molecular weight excluding hydrogens is 318 g/mol. The molecule has 0 aliphatic heterocycles. The second-order valence-corrected chi connectivity index (χ2v) is 6.46. The summed E-state index contributed by atoms with van der Waals surface area (Å²) in [6.45, 7) is 3.71. The first-order valence-electron chi connectivity index (χ1n) is 6.99.